The number of benzene rings is 2. The molecule has 0 amide bonds. The lowest BCUT2D eigenvalue weighted by molar-refractivity contribution is 0.468. The topological polar surface area (TPSA) is 74.6 Å². The highest BCUT2D eigenvalue weighted by atomic mass is 32.2. The first-order chi connectivity index (χ1) is 8.84. The number of aryl methyl sites for hydroxylation is 1. The van der Waals surface area contributed by atoms with Crippen LogP contribution in [0.3, 0.4) is 0 Å². The zero-order valence-corrected chi connectivity index (χ0v) is 11.4. The van der Waals surface area contributed by atoms with Crippen molar-refractivity contribution in [2.75, 3.05) is 0 Å². The number of hydrogen-bond donors (Lipinski definition) is 2. The van der Waals surface area contributed by atoms with E-state index in [0.29, 0.717) is 11.1 Å². The number of hydrogen-bond acceptors (Lipinski definition) is 4. The van der Waals surface area contributed by atoms with E-state index in [9.17, 15) is 18.6 Å². The molecule has 0 aromatic heterocycles. The zero-order chi connectivity index (χ0) is 14.2. The van der Waals surface area contributed by atoms with E-state index in [-0.39, 0.29) is 21.3 Å². The fourth-order valence-corrected chi connectivity index (χ4v) is 3.31. The highest BCUT2D eigenvalue weighted by Gasteiger charge is 2.21. The van der Waals surface area contributed by atoms with Crippen LogP contribution in [0.25, 0.3) is 0 Å². The van der Waals surface area contributed by atoms with Crippen molar-refractivity contribution in [2.45, 2.75) is 23.6 Å². The molecule has 0 radical (unpaired) electrons. The van der Waals surface area contributed by atoms with Crippen LogP contribution in [0.15, 0.2) is 46.2 Å². The molecule has 0 atom stereocenters. The first-order valence-electron chi connectivity index (χ1n) is 5.67. The van der Waals surface area contributed by atoms with E-state index in [4.69, 9.17) is 0 Å². The quantitative estimate of drug-likeness (QED) is 0.885. The maximum atomic E-state index is 12.4. The summed E-state index contributed by atoms with van der Waals surface area (Å²) in [7, 11) is -3.75. The predicted octanol–water partition coefficient (Wildman–Crippen LogP) is 2.55. The Hall–Kier alpha value is -2.01. The Kier molecular flexibility index (Phi) is 3.24. The molecule has 5 heteroatoms. The molecule has 4 nitrogen and oxygen atoms in total. The standard InChI is InChI=1S/C14H14O4S/c1-9-6-7-11(8-13(9)16)19(17,18)14-5-3-4-12(15)10(14)2/h3-8,15-16H,1-2H3. The Morgan fingerprint density at radius 3 is 2.26 bits per heavy atom. The van der Waals surface area contributed by atoms with Crippen LogP contribution in [-0.4, -0.2) is 18.6 Å². The van der Waals surface area contributed by atoms with Crippen LogP contribution in [0, 0.1) is 13.8 Å². The molecular weight excluding hydrogens is 264 g/mol. The fraction of sp³-hybridized carbons (Fsp3) is 0.143. The molecule has 0 heterocycles. The summed E-state index contributed by atoms with van der Waals surface area (Å²) in [6.45, 7) is 3.22. The molecule has 2 aromatic rings. The van der Waals surface area contributed by atoms with Gasteiger partial charge in [-0.2, -0.15) is 0 Å². The monoisotopic (exact) mass is 278 g/mol. The highest BCUT2D eigenvalue weighted by molar-refractivity contribution is 7.91. The molecule has 0 fully saturated rings. The Labute approximate surface area is 111 Å². The van der Waals surface area contributed by atoms with Crippen molar-refractivity contribution < 1.29 is 18.6 Å². The molecule has 0 spiro atoms. The summed E-state index contributed by atoms with van der Waals surface area (Å²) in [5.41, 5.74) is 0.897. The van der Waals surface area contributed by atoms with Crippen LogP contribution >= 0.6 is 0 Å². The van der Waals surface area contributed by atoms with Gasteiger partial charge in [0.2, 0.25) is 9.84 Å². The van der Waals surface area contributed by atoms with Gasteiger partial charge in [-0.3, -0.25) is 0 Å². The van der Waals surface area contributed by atoms with Gasteiger partial charge < -0.3 is 10.2 Å². The first-order valence-corrected chi connectivity index (χ1v) is 7.15. The second kappa shape index (κ2) is 4.59. The van der Waals surface area contributed by atoms with E-state index in [1.54, 1.807) is 13.0 Å². The summed E-state index contributed by atoms with van der Waals surface area (Å²) < 4.78 is 24.9. The number of sulfone groups is 1. The van der Waals surface area contributed by atoms with Gasteiger partial charge in [0.1, 0.15) is 11.5 Å². The lowest BCUT2D eigenvalue weighted by atomic mass is 10.2. The average Bonchev–Trinajstić information content (AvgIpc) is 2.35. The van der Waals surface area contributed by atoms with Crippen molar-refractivity contribution in [3.63, 3.8) is 0 Å². The second-order valence-corrected chi connectivity index (χ2v) is 6.27. The van der Waals surface area contributed by atoms with Gasteiger partial charge in [0.05, 0.1) is 9.79 Å². The molecular formula is C14H14O4S. The SMILES string of the molecule is Cc1ccc(S(=O)(=O)c2cccc(O)c2C)cc1O. The van der Waals surface area contributed by atoms with E-state index >= 15 is 0 Å². The Morgan fingerprint density at radius 1 is 0.947 bits per heavy atom. The number of phenols is 2. The minimum absolute atomic E-state index is 0.00398. The maximum Gasteiger partial charge on any atom is 0.207 e. The summed E-state index contributed by atoms with van der Waals surface area (Å²) in [6, 6.07) is 8.54. The van der Waals surface area contributed by atoms with Crippen LogP contribution in [-0.2, 0) is 9.84 Å². The van der Waals surface area contributed by atoms with Crippen molar-refractivity contribution >= 4 is 9.84 Å². The van der Waals surface area contributed by atoms with Gasteiger partial charge in [0, 0.05) is 5.56 Å². The van der Waals surface area contributed by atoms with Gasteiger partial charge >= 0.3 is 0 Å². The molecule has 0 aliphatic rings. The molecule has 0 aliphatic carbocycles. The molecule has 2 N–H and O–H groups in total. The van der Waals surface area contributed by atoms with Gasteiger partial charge in [-0.05, 0) is 43.7 Å². The third-order valence-corrected chi connectivity index (χ3v) is 4.93. The average molecular weight is 278 g/mol. The minimum atomic E-state index is -3.75. The van der Waals surface area contributed by atoms with Gasteiger partial charge in [-0.1, -0.05) is 12.1 Å². The predicted molar refractivity (Wildman–Crippen MR) is 71.1 cm³/mol. The molecule has 2 aromatic carbocycles. The van der Waals surface area contributed by atoms with Crippen molar-refractivity contribution in [2.24, 2.45) is 0 Å². The number of rotatable bonds is 2. The third-order valence-electron chi connectivity index (χ3n) is 3.04. The molecule has 19 heavy (non-hydrogen) atoms. The summed E-state index contributed by atoms with van der Waals surface area (Å²) >= 11 is 0. The van der Waals surface area contributed by atoms with E-state index in [1.165, 1.54) is 37.3 Å². The van der Waals surface area contributed by atoms with Gasteiger partial charge in [-0.15, -0.1) is 0 Å². The number of aromatic hydroxyl groups is 2. The van der Waals surface area contributed by atoms with Crippen LogP contribution in [0.1, 0.15) is 11.1 Å². The lowest BCUT2D eigenvalue weighted by Crippen LogP contribution is -2.04. The minimum Gasteiger partial charge on any atom is -0.508 e. The summed E-state index contributed by atoms with van der Waals surface area (Å²) in [5, 5.41) is 19.2. The first kappa shape index (κ1) is 13.4. The highest BCUT2D eigenvalue weighted by Crippen LogP contribution is 2.30. The Balaban J connectivity index is 2.65. The Bertz CT molecular complexity index is 733. The van der Waals surface area contributed by atoms with Gasteiger partial charge in [0.25, 0.3) is 0 Å². The summed E-state index contributed by atoms with van der Waals surface area (Å²) in [5.74, 6) is -0.142. The molecule has 100 valence electrons. The van der Waals surface area contributed by atoms with E-state index in [1.807, 2.05) is 0 Å². The van der Waals surface area contributed by atoms with Crippen molar-refractivity contribution in [1.29, 1.82) is 0 Å². The van der Waals surface area contributed by atoms with Crippen molar-refractivity contribution in [3.8, 4) is 11.5 Å². The lowest BCUT2D eigenvalue weighted by Gasteiger charge is -2.10. The molecule has 0 saturated heterocycles. The van der Waals surface area contributed by atoms with Crippen molar-refractivity contribution in [3.05, 3.63) is 47.5 Å². The van der Waals surface area contributed by atoms with Crippen molar-refractivity contribution in [1.82, 2.24) is 0 Å². The largest absolute Gasteiger partial charge is 0.508 e. The molecule has 0 aliphatic heterocycles. The molecule has 0 saturated carbocycles. The van der Waals surface area contributed by atoms with Crippen LogP contribution in [0.4, 0.5) is 0 Å². The summed E-state index contributed by atoms with van der Waals surface area (Å²) in [4.78, 5) is 0.0417. The Morgan fingerprint density at radius 2 is 1.63 bits per heavy atom. The van der Waals surface area contributed by atoms with Crippen LogP contribution < -0.4 is 0 Å². The zero-order valence-electron chi connectivity index (χ0n) is 10.6. The third kappa shape index (κ3) is 2.29. The summed E-state index contributed by atoms with van der Waals surface area (Å²) in [6.07, 6.45) is 0. The normalized spacial score (nSPS) is 11.5. The van der Waals surface area contributed by atoms with E-state index < -0.39 is 9.84 Å². The van der Waals surface area contributed by atoms with E-state index in [0.717, 1.165) is 0 Å². The molecule has 2 rings (SSSR count). The smallest absolute Gasteiger partial charge is 0.207 e. The van der Waals surface area contributed by atoms with E-state index in [2.05, 4.69) is 0 Å². The van der Waals surface area contributed by atoms with Gasteiger partial charge in [0.15, 0.2) is 0 Å². The van der Waals surface area contributed by atoms with Crippen LogP contribution in [0.2, 0.25) is 0 Å². The number of phenolic OH excluding ortho intramolecular Hbond substituents is 2. The second-order valence-electron chi connectivity index (χ2n) is 4.35. The molecule has 0 unspecified atom stereocenters. The van der Waals surface area contributed by atoms with Gasteiger partial charge in [-0.25, -0.2) is 8.42 Å². The molecule has 0 bridgehead atoms. The van der Waals surface area contributed by atoms with Crippen LogP contribution in [0.5, 0.6) is 11.5 Å². The fourth-order valence-electron chi connectivity index (χ4n) is 1.78. The maximum absolute atomic E-state index is 12.4.